The van der Waals surface area contributed by atoms with Gasteiger partial charge in [-0.1, -0.05) is 47.4 Å². The molecule has 100 valence electrons. The number of benzene rings is 1. The number of aromatic nitrogens is 2. The van der Waals surface area contributed by atoms with Crippen LogP contribution in [0.3, 0.4) is 0 Å². The van der Waals surface area contributed by atoms with E-state index in [-0.39, 0.29) is 5.97 Å². The van der Waals surface area contributed by atoms with Crippen LogP contribution in [0.5, 0.6) is 0 Å². The van der Waals surface area contributed by atoms with Crippen LogP contribution in [0.1, 0.15) is 16.4 Å². The summed E-state index contributed by atoms with van der Waals surface area (Å²) in [6.45, 7) is 1.96. The van der Waals surface area contributed by atoms with E-state index in [1.54, 1.807) is 0 Å². The van der Waals surface area contributed by atoms with Gasteiger partial charge in [0.25, 0.3) is 0 Å². The van der Waals surface area contributed by atoms with Gasteiger partial charge in [-0.05, 0) is 18.1 Å². The van der Waals surface area contributed by atoms with Crippen LogP contribution in [-0.2, 0) is 9.53 Å². The number of rotatable bonds is 4. The Bertz CT molecular complexity index is 586. The minimum atomic E-state index is -0.460. The summed E-state index contributed by atoms with van der Waals surface area (Å²) in [4.78, 5) is 12.0. The van der Waals surface area contributed by atoms with E-state index < -0.39 is 5.25 Å². The lowest BCUT2D eigenvalue weighted by atomic mass is 10.1. The third-order valence-corrected chi connectivity index (χ3v) is 4.58. The summed E-state index contributed by atoms with van der Waals surface area (Å²) in [5.41, 5.74) is 7.49. The number of nitrogen functional groups attached to an aromatic ring is 1. The molecule has 0 fully saturated rings. The number of hydrogen-bond donors (Lipinski definition) is 1. The zero-order chi connectivity index (χ0) is 13.8. The average Bonchev–Trinajstić information content (AvgIpc) is 2.82. The first-order valence-corrected chi connectivity index (χ1v) is 7.20. The maximum Gasteiger partial charge on any atom is 0.323 e. The second-order valence-electron chi connectivity index (χ2n) is 3.78. The summed E-state index contributed by atoms with van der Waals surface area (Å²) in [7, 11) is 1.38. The molecule has 2 rings (SSSR count). The molecule has 0 bridgehead atoms. The molecular weight excluding hydrogens is 282 g/mol. The van der Waals surface area contributed by atoms with Crippen LogP contribution >= 0.6 is 23.1 Å². The Balaban J connectivity index is 2.31. The lowest BCUT2D eigenvalue weighted by Gasteiger charge is -2.15. The molecule has 0 amide bonds. The van der Waals surface area contributed by atoms with Gasteiger partial charge in [-0.25, -0.2) is 0 Å². The number of methoxy groups -OCH3 is 1. The predicted molar refractivity (Wildman–Crippen MR) is 76.1 cm³/mol. The molecule has 1 heterocycles. The molecule has 0 saturated carbocycles. The molecule has 2 aromatic rings. The molecule has 0 aliphatic heterocycles. The van der Waals surface area contributed by atoms with Gasteiger partial charge in [-0.15, -0.1) is 10.2 Å². The van der Waals surface area contributed by atoms with Gasteiger partial charge in [0.05, 0.1) is 7.11 Å². The number of carbonyl (C=O) groups is 1. The number of ether oxygens (including phenoxy) is 1. The number of carbonyl (C=O) groups excluding carboxylic acids is 1. The van der Waals surface area contributed by atoms with E-state index in [1.807, 2.05) is 31.2 Å². The lowest BCUT2D eigenvalue weighted by Crippen LogP contribution is -2.12. The first kappa shape index (κ1) is 13.8. The summed E-state index contributed by atoms with van der Waals surface area (Å²) >= 11 is 2.56. The summed E-state index contributed by atoms with van der Waals surface area (Å²) in [6.07, 6.45) is 0. The Kier molecular flexibility index (Phi) is 4.39. The van der Waals surface area contributed by atoms with Crippen molar-refractivity contribution in [2.75, 3.05) is 12.8 Å². The zero-order valence-corrected chi connectivity index (χ0v) is 12.1. The van der Waals surface area contributed by atoms with Crippen LogP contribution < -0.4 is 5.73 Å². The quantitative estimate of drug-likeness (QED) is 0.689. The van der Waals surface area contributed by atoms with Crippen LogP contribution in [-0.4, -0.2) is 23.3 Å². The van der Waals surface area contributed by atoms with Crippen molar-refractivity contribution in [1.82, 2.24) is 10.2 Å². The number of anilines is 1. The Morgan fingerprint density at radius 1 is 1.42 bits per heavy atom. The lowest BCUT2D eigenvalue weighted by molar-refractivity contribution is -0.140. The molecule has 1 aromatic heterocycles. The monoisotopic (exact) mass is 295 g/mol. The molecule has 0 aliphatic carbocycles. The number of nitrogens with two attached hydrogens (primary N) is 1. The number of nitrogens with zero attached hydrogens (tertiary/aromatic N) is 2. The van der Waals surface area contributed by atoms with Gasteiger partial charge < -0.3 is 10.5 Å². The van der Waals surface area contributed by atoms with Crippen molar-refractivity contribution in [2.24, 2.45) is 0 Å². The van der Waals surface area contributed by atoms with Gasteiger partial charge in [0, 0.05) is 0 Å². The van der Waals surface area contributed by atoms with Gasteiger partial charge >= 0.3 is 5.97 Å². The number of esters is 1. The van der Waals surface area contributed by atoms with E-state index in [9.17, 15) is 4.79 Å². The molecule has 1 aromatic carbocycles. The Morgan fingerprint density at radius 3 is 2.74 bits per heavy atom. The third kappa shape index (κ3) is 3.24. The van der Waals surface area contributed by atoms with Crippen molar-refractivity contribution < 1.29 is 9.53 Å². The minimum Gasteiger partial charge on any atom is -0.468 e. The fraction of sp³-hybridized carbons (Fsp3) is 0.250. The molecule has 0 radical (unpaired) electrons. The van der Waals surface area contributed by atoms with Gasteiger partial charge in [0.2, 0.25) is 5.13 Å². The molecule has 7 heteroatoms. The smallest absolute Gasteiger partial charge is 0.323 e. The highest BCUT2D eigenvalue weighted by Gasteiger charge is 2.25. The fourth-order valence-corrected chi connectivity index (χ4v) is 3.55. The van der Waals surface area contributed by atoms with E-state index >= 15 is 0 Å². The third-order valence-electron chi connectivity index (χ3n) is 2.53. The van der Waals surface area contributed by atoms with Crippen LogP contribution in [0, 0.1) is 6.92 Å². The molecule has 0 spiro atoms. The van der Waals surface area contributed by atoms with Gasteiger partial charge in [-0.2, -0.15) is 0 Å². The predicted octanol–water partition coefficient (Wildman–Crippen LogP) is 2.44. The summed E-state index contributed by atoms with van der Waals surface area (Å²) in [5.74, 6) is -0.312. The Hall–Kier alpha value is -1.60. The van der Waals surface area contributed by atoms with Crippen LogP contribution in [0.15, 0.2) is 28.6 Å². The summed E-state index contributed by atoms with van der Waals surface area (Å²) in [6, 6.07) is 7.70. The molecule has 0 saturated heterocycles. The van der Waals surface area contributed by atoms with E-state index in [0.29, 0.717) is 9.47 Å². The van der Waals surface area contributed by atoms with Gasteiger partial charge in [0.15, 0.2) is 4.34 Å². The van der Waals surface area contributed by atoms with E-state index in [4.69, 9.17) is 10.5 Å². The van der Waals surface area contributed by atoms with Crippen molar-refractivity contribution in [3.8, 4) is 0 Å². The fourth-order valence-electron chi connectivity index (χ4n) is 1.60. The van der Waals surface area contributed by atoms with E-state index in [2.05, 4.69) is 10.2 Å². The van der Waals surface area contributed by atoms with Crippen LogP contribution in [0.4, 0.5) is 5.13 Å². The molecular formula is C12H13N3O2S2. The van der Waals surface area contributed by atoms with Crippen LogP contribution in [0.2, 0.25) is 0 Å². The normalized spacial score (nSPS) is 12.1. The maximum atomic E-state index is 12.0. The largest absolute Gasteiger partial charge is 0.468 e. The van der Waals surface area contributed by atoms with Gasteiger partial charge in [0.1, 0.15) is 5.25 Å². The van der Waals surface area contributed by atoms with E-state index in [1.165, 1.54) is 30.2 Å². The molecule has 1 atom stereocenters. The highest BCUT2D eigenvalue weighted by molar-refractivity contribution is 8.01. The second kappa shape index (κ2) is 6.03. The first-order chi connectivity index (χ1) is 9.11. The van der Waals surface area contributed by atoms with Crippen molar-refractivity contribution in [1.29, 1.82) is 0 Å². The molecule has 0 aliphatic rings. The molecule has 2 N–H and O–H groups in total. The standard InChI is InChI=1S/C12H13N3O2S2/c1-7-5-3-4-6-8(7)9(10(16)17-2)18-12-15-14-11(13)19-12/h3-6,9H,1-2H3,(H2,13,14)/t9-/m1/s1. The topological polar surface area (TPSA) is 78.1 Å². The molecule has 5 nitrogen and oxygen atoms in total. The highest BCUT2D eigenvalue weighted by Crippen LogP contribution is 2.39. The Morgan fingerprint density at radius 2 is 2.16 bits per heavy atom. The summed E-state index contributed by atoms with van der Waals surface area (Å²) < 4.78 is 5.52. The van der Waals surface area contributed by atoms with Gasteiger partial charge in [-0.3, -0.25) is 4.79 Å². The summed E-state index contributed by atoms with van der Waals surface area (Å²) in [5, 5.41) is 7.60. The zero-order valence-electron chi connectivity index (χ0n) is 10.5. The number of thioether (sulfide) groups is 1. The van der Waals surface area contributed by atoms with Crippen LogP contribution in [0.25, 0.3) is 0 Å². The average molecular weight is 295 g/mol. The van der Waals surface area contributed by atoms with E-state index in [0.717, 1.165) is 11.1 Å². The number of aryl methyl sites for hydroxylation is 1. The van der Waals surface area contributed by atoms with Crippen molar-refractivity contribution in [3.63, 3.8) is 0 Å². The molecule has 0 unspecified atom stereocenters. The van der Waals surface area contributed by atoms with Crippen molar-refractivity contribution in [3.05, 3.63) is 35.4 Å². The second-order valence-corrected chi connectivity index (χ2v) is 6.15. The number of hydrogen-bond acceptors (Lipinski definition) is 7. The minimum absolute atomic E-state index is 0.312. The first-order valence-electron chi connectivity index (χ1n) is 5.51. The maximum absolute atomic E-state index is 12.0. The van der Waals surface area contributed by atoms with Crippen molar-refractivity contribution in [2.45, 2.75) is 16.5 Å². The Labute approximate surface area is 119 Å². The van der Waals surface area contributed by atoms with Crippen molar-refractivity contribution >= 4 is 34.2 Å². The highest BCUT2D eigenvalue weighted by atomic mass is 32.2. The SMILES string of the molecule is COC(=O)[C@H](Sc1nnc(N)s1)c1ccccc1C. The molecule has 19 heavy (non-hydrogen) atoms.